The fourth-order valence-corrected chi connectivity index (χ4v) is 3.71. The molecule has 0 aliphatic carbocycles. The van der Waals surface area contributed by atoms with Crippen molar-refractivity contribution in [3.63, 3.8) is 0 Å². The van der Waals surface area contributed by atoms with Gasteiger partial charge in [-0.3, -0.25) is 14.6 Å². The quantitative estimate of drug-likeness (QED) is 0.426. The van der Waals surface area contributed by atoms with Crippen LogP contribution in [0.3, 0.4) is 0 Å². The highest BCUT2D eigenvalue weighted by atomic mass is 79.9. The lowest BCUT2D eigenvalue weighted by Gasteiger charge is -2.17. The van der Waals surface area contributed by atoms with Crippen LogP contribution in [0.1, 0.15) is 0 Å². The number of pyridine rings is 2. The molecule has 3 heterocycles. The first-order chi connectivity index (χ1) is 14.4. The number of hydrogen-bond acceptors (Lipinski definition) is 5. The average Bonchev–Trinajstić information content (AvgIpc) is 2.74. The second-order valence-corrected chi connectivity index (χ2v) is 7.68. The van der Waals surface area contributed by atoms with Gasteiger partial charge in [0, 0.05) is 34.2 Å². The second-order valence-electron chi connectivity index (χ2n) is 6.19. The molecule has 0 radical (unpaired) electrons. The van der Waals surface area contributed by atoms with Gasteiger partial charge in [-0.15, -0.1) is 11.6 Å². The third-order valence-corrected chi connectivity index (χ3v) is 5.47. The van der Waals surface area contributed by atoms with E-state index < -0.39 is 16.8 Å². The molecule has 0 aliphatic rings. The third-order valence-electron chi connectivity index (χ3n) is 4.38. The molecule has 0 saturated carbocycles. The molecule has 0 saturated heterocycles. The van der Waals surface area contributed by atoms with Gasteiger partial charge in [-0.05, 0) is 36.4 Å². The van der Waals surface area contributed by atoms with Gasteiger partial charge in [-0.2, -0.15) is 0 Å². The molecule has 30 heavy (non-hydrogen) atoms. The van der Waals surface area contributed by atoms with Gasteiger partial charge in [0.15, 0.2) is 5.65 Å². The van der Waals surface area contributed by atoms with Crippen molar-refractivity contribution in [1.29, 1.82) is 0 Å². The van der Waals surface area contributed by atoms with Crippen LogP contribution in [0.5, 0.6) is 0 Å². The fraction of sp³-hybridized carbons (Fsp3) is 0.0526. The number of nitrogens with zero attached hydrogens (tertiary/aromatic N) is 4. The molecule has 1 aromatic carbocycles. The van der Waals surface area contributed by atoms with Crippen LogP contribution < -0.4 is 22.1 Å². The van der Waals surface area contributed by atoms with E-state index in [1.165, 1.54) is 18.5 Å². The topological polar surface area (TPSA) is 90.9 Å². The van der Waals surface area contributed by atoms with E-state index in [9.17, 15) is 14.4 Å². The smallest absolute Gasteiger partial charge is 0.338 e. The van der Waals surface area contributed by atoms with Gasteiger partial charge < -0.3 is 5.32 Å². The van der Waals surface area contributed by atoms with Crippen molar-refractivity contribution in [3.8, 4) is 5.69 Å². The maximum atomic E-state index is 13.1. The van der Waals surface area contributed by atoms with E-state index in [0.717, 1.165) is 17.7 Å². The molecule has 152 valence electrons. The molecule has 11 heteroatoms. The minimum Gasteiger partial charge on any atom is -0.355 e. The lowest BCUT2D eigenvalue weighted by molar-refractivity contribution is 0.726. The number of rotatable bonds is 4. The van der Waals surface area contributed by atoms with Crippen molar-refractivity contribution >= 4 is 61.7 Å². The van der Waals surface area contributed by atoms with E-state index in [-0.39, 0.29) is 22.7 Å². The molecule has 0 bridgehead atoms. The maximum absolute atomic E-state index is 13.1. The van der Waals surface area contributed by atoms with Gasteiger partial charge in [-0.25, -0.2) is 18.0 Å². The largest absolute Gasteiger partial charge is 0.355 e. The van der Waals surface area contributed by atoms with E-state index in [1.807, 2.05) is 0 Å². The molecule has 0 aliphatic heterocycles. The Hall–Kier alpha value is -2.88. The maximum Gasteiger partial charge on any atom is 0.338 e. The van der Waals surface area contributed by atoms with Crippen LogP contribution >= 0.6 is 39.3 Å². The van der Waals surface area contributed by atoms with E-state index in [1.54, 1.807) is 36.4 Å². The number of nitrogens with one attached hydrogen (secondary N) is 1. The fourth-order valence-electron chi connectivity index (χ4n) is 3.03. The first-order valence-electron chi connectivity index (χ1n) is 8.53. The van der Waals surface area contributed by atoms with E-state index in [4.69, 9.17) is 23.4 Å². The summed E-state index contributed by atoms with van der Waals surface area (Å²) in [6.07, 6.45) is 2.95. The number of alkyl halides is 1. The molecule has 0 unspecified atom stereocenters. The number of fused-ring (bicyclic) bond motifs is 1. The molecular weight excluding hydrogens is 497 g/mol. The molecular formula is C19H12BrCl2N5O3. The van der Waals surface area contributed by atoms with Crippen molar-refractivity contribution in [2.24, 2.45) is 0 Å². The minimum atomic E-state index is -0.745. The van der Waals surface area contributed by atoms with Crippen molar-refractivity contribution in [2.75, 3.05) is 5.32 Å². The Bertz CT molecular complexity index is 1430. The molecule has 0 fully saturated rings. The summed E-state index contributed by atoms with van der Waals surface area (Å²) < 4.78 is 3.58. The summed E-state index contributed by atoms with van der Waals surface area (Å²) in [5.41, 5.74) is -1.000. The Kier molecular flexibility index (Phi) is 5.50. The third kappa shape index (κ3) is 3.45. The SMILES string of the molecule is O=c1c2c(Nc3ccc(Br)cc3)cc(=O)n(Cl)c2n(-c2cccnc2)c(=O)n1CCl. The van der Waals surface area contributed by atoms with Crippen LogP contribution in [-0.4, -0.2) is 18.2 Å². The van der Waals surface area contributed by atoms with Gasteiger partial charge in [0.05, 0.1) is 17.6 Å². The first-order valence-corrected chi connectivity index (χ1v) is 10.2. The molecule has 0 spiro atoms. The van der Waals surface area contributed by atoms with Crippen LogP contribution in [0.25, 0.3) is 16.7 Å². The minimum absolute atomic E-state index is 0.0246. The molecule has 0 atom stereocenters. The Morgan fingerprint density at radius 2 is 1.83 bits per heavy atom. The van der Waals surface area contributed by atoms with Crippen molar-refractivity contribution in [1.82, 2.24) is 18.2 Å². The zero-order valence-corrected chi connectivity index (χ0v) is 18.1. The van der Waals surface area contributed by atoms with Crippen LogP contribution in [0.4, 0.5) is 11.4 Å². The Morgan fingerprint density at radius 1 is 1.10 bits per heavy atom. The summed E-state index contributed by atoms with van der Waals surface area (Å²) in [6, 6.07) is 11.2. The first kappa shape index (κ1) is 20.4. The number of halogens is 3. The lowest BCUT2D eigenvalue weighted by Crippen LogP contribution is -2.40. The van der Waals surface area contributed by atoms with E-state index in [0.29, 0.717) is 11.4 Å². The predicted molar refractivity (Wildman–Crippen MR) is 120 cm³/mol. The monoisotopic (exact) mass is 507 g/mol. The molecule has 3 aromatic heterocycles. The van der Waals surface area contributed by atoms with Crippen molar-refractivity contribution in [3.05, 3.63) is 90.5 Å². The summed E-state index contributed by atoms with van der Waals surface area (Å²) in [5.74, 6) is 0. The zero-order chi connectivity index (χ0) is 21.4. The highest BCUT2D eigenvalue weighted by Crippen LogP contribution is 2.25. The molecule has 8 nitrogen and oxygen atoms in total. The Morgan fingerprint density at radius 3 is 2.47 bits per heavy atom. The van der Waals surface area contributed by atoms with Crippen molar-refractivity contribution < 1.29 is 0 Å². The van der Waals surface area contributed by atoms with Gasteiger partial charge in [0.25, 0.3) is 11.1 Å². The van der Waals surface area contributed by atoms with Crippen LogP contribution in [0.2, 0.25) is 0 Å². The van der Waals surface area contributed by atoms with Gasteiger partial charge in [0.1, 0.15) is 11.4 Å². The summed E-state index contributed by atoms with van der Waals surface area (Å²) in [6.45, 7) is 0. The van der Waals surface area contributed by atoms with E-state index in [2.05, 4.69) is 26.2 Å². The number of hydrogen-bond donors (Lipinski definition) is 1. The molecule has 0 amide bonds. The second kappa shape index (κ2) is 8.10. The van der Waals surface area contributed by atoms with E-state index >= 15 is 0 Å². The van der Waals surface area contributed by atoms with Gasteiger partial charge in [-0.1, -0.05) is 15.9 Å². The molecule has 4 aromatic rings. The number of benzene rings is 1. The highest BCUT2D eigenvalue weighted by Gasteiger charge is 2.21. The molecule has 1 N–H and O–H groups in total. The van der Waals surface area contributed by atoms with Gasteiger partial charge >= 0.3 is 5.69 Å². The van der Waals surface area contributed by atoms with Gasteiger partial charge in [0.2, 0.25) is 0 Å². The Balaban J connectivity index is 2.14. The Labute approximate surface area is 187 Å². The number of anilines is 2. The average molecular weight is 509 g/mol. The van der Waals surface area contributed by atoms with Crippen LogP contribution in [-0.2, 0) is 6.00 Å². The summed E-state index contributed by atoms with van der Waals surface area (Å²) >= 11 is 15.5. The van der Waals surface area contributed by atoms with Crippen LogP contribution in [0.15, 0.2) is 73.7 Å². The summed E-state index contributed by atoms with van der Waals surface area (Å²) in [4.78, 5) is 42.7. The predicted octanol–water partition coefficient (Wildman–Crippen LogP) is 3.41. The summed E-state index contributed by atoms with van der Waals surface area (Å²) in [7, 11) is 0. The van der Waals surface area contributed by atoms with Crippen LogP contribution in [0, 0.1) is 0 Å². The zero-order valence-electron chi connectivity index (χ0n) is 15.1. The highest BCUT2D eigenvalue weighted by molar-refractivity contribution is 9.10. The normalized spacial score (nSPS) is 11.0. The lowest BCUT2D eigenvalue weighted by atomic mass is 10.2. The van der Waals surface area contributed by atoms with Crippen molar-refractivity contribution in [2.45, 2.75) is 6.00 Å². The summed E-state index contributed by atoms with van der Waals surface area (Å²) in [5, 5.41) is 3.08. The molecule has 4 rings (SSSR count). The number of aromatic nitrogens is 4. The standard InChI is InChI=1S/C19H12BrCl2N5O3/c20-11-3-5-12(6-4-11)24-14-8-15(28)27(22)17-16(14)18(29)25(10-21)19(30)26(17)13-2-1-7-23-9-13/h1-9,24H,10H2.